The summed E-state index contributed by atoms with van der Waals surface area (Å²) < 4.78 is 24.2. The Morgan fingerprint density at radius 3 is 2.19 bits per heavy atom. The van der Waals surface area contributed by atoms with Crippen LogP contribution < -0.4 is 5.32 Å². The van der Waals surface area contributed by atoms with Gasteiger partial charge in [0.15, 0.2) is 9.84 Å². The van der Waals surface area contributed by atoms with E-state index in [1.54, 1.807) is 44.3 Å². The number of para-hydroxylation sites is 1. The lowest BCUT2D eigenvalue weighted by atomic mass is 9.92. The van der Waals surface area contributed by atoms with Crippen molar-refractivity contribution in [2.45, 2.75) is 18.6 Å². The summed E-state index contributed by atoms with van der Waals surface area (Å²) in [7, 11) is -3.37. The first-order valence-electron chi connectivity index (χ1n) is 13.2. The van der Waals surface area contributed by atoms with Gasteiger partial charge in [-0.25, -0.2) is 8.42 Å². The number of carbonyl (C=O) groups excluding carboxylic acids is 1. The highest BCUT2D eigenvalue weighted by Gasteiger charge is 2.33. The number of benzene rings is 4. The molecule has 1 heterocycles. The van der Waals surface area contributed by atoms with Crippen LogP contribution in [0.5, 0.6) is 0 Å². The normalized spacial score (nSPS) is 12.1. The van der Waals surface area contributed by atoms with E-state index in [1.807, 2.05) is 66.7 Å². The number of carbonyl (C=O) groups is 1. The Balaban J connectivity index is 1.43. The second-order valence-electron chi connectivity index (χ2n) is 10.5. The summed E-state index contributed by atoms with van der Waals surface area (Å²) >= 11 is 12.3. The van der Waals surface area contributed by atoms with Gasteiger partial charge in [0.05, 0.1) is 26.0 Å². The number of fused-ring (bicyclic) bond motifs is 1. The molecule has 0 radical (unpaired) electrons. The maximum absolute atomic E-state index is 12.6. The van der Waals surface area contributed by atoms with Crippen LogP contribution in [0.15, 0.2) is 103 Å². The van der Waals surface area contributed by atoms with Gasteiger partial charge >= 0.3 is 0 Å². The van der Waals surface area contributed by atoms with Crippen LogP contribution in [0.3, 0.4) is 0 Å². The summed E-state index contributed by atoms with van der Waals surface area (Å²) in [4.78, 5) is 17.1. The monoisotopic (exact) mass is 614 g/mol. The predicted octanol–water partition coefficient (Wildman–Crippen LogP) is 8.81. The molecule has 0 aliphatic rings. The number of sulfone groups is 1. The van der Waals surface area contributed by atoms with Crippen LogP contribution in [0, 0.1) is 0 Å². The van der Waals surface area contributed by atoms with E-state index in [4.69, 9.17) is 23.2 Å². The van der Waals surface area contributed by atoms with E-state index in [-0.39, 0.29) is 5.91 Å². The number of nitrogens with zero attached hydrogens (tertiary/aromatic N) is 1. The third kappa shape index (κ3) is 6.12. The zero-order valence-corrected chi connectivity index (χ0v) is 25.6. The first-order chi connectivity index (χ1) is 19.9. The highest BCUT2D eigenvalue weighted by molar-refractivity contribution is 7.91. The lowest BCUT2D eigenvalue weighted by molar-refractivity contribution is -0.111. The number of rotatable bonds is 7. The molecule has 5 rings (SSSR count). The Morgan fingerprint density at radius 1 is 0.833 bits per heavy atom. The van der Waals surface area contributed by atoms with Crippen molar-refractivity contribution in [3.05, 3.63) is 124 Å². The minimum absolute atomic E-state index is 0.344. The summed E-state index contributed by atoms with van der Waals surface area (Å²) in [5.41, 5.74) is 6.52. The number of pyridine rings is 1. The van der Waals surface area contributed by atoms with Crippen molar-refractivity contribution in [2.75, 3.05) is 11.6 Å². The van der Waals surface area contributed by atoms with Gasteiger partial charge < -0.3 is 5.32 Å². The van der Waals surface area contributed by atoms with Crippen molar-refractivity contribution < 1.29 is 13.2 Å². The first kappa shape index (κ1) is 29.5. The van der Waals surface area contributed by atoms with Gasteiger partial charge in [-0.2, -0.15) is 0 Å². The van der Waals surface area contributed by atoms with Gasteiger partial charge in [0.25, 0.3) is 0 Å². The fourth-order valence-electron chi connectivity index (χ4n) is 4.58. The molecule has 0 aliphatic heterocycles. The molecule has 5 aromatic rings. The molecule has 0 unspecified atom stereocenters. The smallest absolute Gasteiger partial charge is 0.248 e. The van der Waals surface area contributed by atoms with E-state index in [0.29, 0.717) is 21.3 Å². The van der Waals surface area contributed by atoms with Gasteiger partial charge in [-0.15, -0.1) is 0 Å². The number of hydrogen-bond acceptors (Lipinski definition) is 4. The van der Waals surface area contributed by atoms with Gasteiger partial charge in [-0.3, -0.25) is 9.78 Å². The van der Waals surface area contributed by atoms with Gasteiger partial charge in [-0.05, 0) is 84.1 Å². The fraction of sp³-hybridized carbons (Fsp3) is 0.118. The molecule has 1 N–H and O–H groups in total. The third-order valence-corrected chi connectivity index (χ3v) is 10.1. The van der Waals surface area contributed by atoms with Crippen LogP contribution in [0.2, 0.25) is 10.0 Å². The topological polar surface area (TPSA) is 76.1 Å². The van der Waals surface area contributed by atoms with Gasteiger partial charge in [0.2, 0.25) is 5.91 Å². The Labute approximate surface area is 255 Å². The molecule has 0 atom stereocenters. The molecule has 5 nitrogen and oxygen atoms in total. The third-order valence-electron chi connectivity index (χ3n) is 7.38. The maximum Gasteiger partial charge on any atom is 0.248 e. The minimum atomic E-state index is -3.37. The Hall–Kier alpha value is -3.97. The summed E-state index contributed by atoms with van der Waals surface area (Å²) in [6.07, 6.45) is 6.15. The van der Waals surface area contributed by atoms with Gasteiger partial charge in [-0.1, -0.05) is 77.8 Å². The predicted molar refractivity (Wildman–Crippen MR) is 175 cm³/mol. The number of amides is 1. The fourth-order valence-corrected chi connectivity index (χ4v) is 5.62. The second-order valence-corrected chi connectivity index (χ2v) is 13.9. The molecular formula is C34H28Cl2N2O3S. The standard InChI is InChI=1S/C34H28Cl2N2O3S/c1-34(2,42(3,40)41)27-20-26-9-6-18-37-32(26)28(21-27)25-8-4-7-24(19-25)23-15-12-22(13-16-23)14-17-31(39)38-33-29(35)10-5-11-30(33)36/h4-21H,1-3H3,(H,38,39)/b17-14+. The van der Waals surface area contributed by atoms with Crippen molar-refractivity contribution in [3.63, 3.8) is 0 Å². The molecule has 0 saturated heterocycles. The van der Waals surface area contributed by atoms with E-state index in [1.165, 1.54) is 12.3 Å². The summed E-state index contributed by atoms with van der Waals surface area (Å²) in [6.45, 7) is 3.46. The molecule has 8 heteroatoms. The summed E-state index contributed by atoms with van der Waals surface area (Å²) in [5.74, 6) is -0.344. The molecule has 212 valence electrons. The van der Waals surface area contributed by atoms with Crippen LogP contribution in [0.4, 0.5) is 5.69 Å². The summed E-state index contributed by atoms with van der Waals surface area (Å²) in [5, 5.41) is 4.32. The SMILES string of the molecule is CC(C)(c1cc(-c2cccc(-c3ccc(/C=C/C(=O)Nc4c(Cl)cccc4Cl)cc3)c2)c2ncccc2c1)S(C)(=O)=O. The first-order valence-corrected chi connectivity index (χ1v) is 15.8. The van der Waals surface area contributed by atoms with E-state index in [2.05, 4.69) is 16.4 Å². The van der Waals surface area contributed by atoms with Crippen molar-refractivity contribution in [3.8, 4) is 22.3 Å². The molecule has 0 fully saturated rings. The molecule has 0 aliphatic carbocycles. The van der Waals surface area contributed by atoms with E-state index >= 15 is 0 Å². The molecule has 42 heavy (non-hydrogen) atoms. The second kappa shape index (κ2) is 11.7. The molecular weight excluding hydrogens is 587 g/mol. The average molecular weight is 616 g/mol. The number of hydrogen-bond donors (Lipinski definition) is 1. The number of nitrogens with one attached hydrogen (secondary N) is 1. The number of halogens is 2. The molecule has 0 spiro atoms. The van der Waals surface area contributed by atoms with Crippen LogP contribution in [0.25, 0.3) is 39.2 Å². The maximum atomic E-state index is 12.6. The van der Waals surface area contributed by atoms with Crippen molar-refractivity contribution in [2.24, 2.45) is 0 Å². The molecule has 1 amide bonds. The Bertz CT molecular complexity index is 1930. The largest absolute Gasteiger partial charge is 0.320 e. The van der Waals surface area contributed by atoms with Crippen LogP contribution in [-0.2, 0) is 19.4 Å². The molecule has 0 saturated carbocycles. The lowest BCUT2D eigenvalue weighted by Gasteiger charge is -2.24. The van der Waals surface area contributed by atoms with Crippen molar-refractivity contribution in [1.29, 1.82) is 0 Å². The van der Waals surface area contributed by atoms with Crippen LogP contribution >= 0.6 is 23.2 Å². The quantitative estimate of drug-likeness (QED) is 0.186. The average Bonchev–Trinajstić information content (AvgIpc) is 2.97. The number of aromatic nitrogens is 1. The van der Waals surface area contributed by atoms with Gasteiger partial charge in [0.1, 0.15) is 0 Å². The Kier molecular flexibility index (Phi) is 8.24. The minimum Gasteiger partial charge on any atom is -0.320 e. The van der Waals surface area contributed by atoms with E-state index in [9.17, 15) is 13.2 Å². The molecule has 4 aromatic carbocycles. The van der Waals surface area contributed by atoms with Gasteiger partial charge in [0, 0.05) is 29.5 Å². The van der Waals surface area contributed by atoms with Crippen LogP contribution in [-0.4, -0.2) is 25.6 Å². The van der Waals surface area contributed by atoms with E-state index in [0.717, 1.165) is 38.7 Å². The van der Waals surface area contributed by atoms with Crippen molar-refractivity contribution in [1.82, 2.24) is 4.98 Å². The zero-order valence-electron chi connectivity index (χ0n) is 23.2. The summed E-state index contributed by atoms with van der Waals surface area (Å²) in [6, 6.07) is 28.6. The lowest BCUT2D eigenvalue weighted by Crippen LogP contribution is -2.28. The molecule has 0 bridgehead atoms. The van der Waals surface area contributed by atoms with Crippen LogP contribution in [0.1, 0.15) is 25.0 Å². The molecule has 1 aromatic heterocycles. The zero-order chi connectivity index (χ0) is 30.1. The highest BCUT2D eigenvalue weighted by Crippen LogP contribution is 2.37. The van der Waals surface area contributed by atoms with Crippen molar-refractivity contribution >= 4 is 61.6 Å². The Morgan fingerprint density at radius 2 is 1.50 bits per heavy atom. The number of anilines is 1. The van der Waals surface area contributed by atoms with E-state index < -0.39 is 14.6 Å². The highest BCUT2D eigenvalue weighted by atomic mass is 35.5.